The van der Waals surface area contributed by atoms with E-state index in [4.69, 9.17) is 10.5 Å². The van der Waals surface area contributed by atoms with E-state index in [-0.39, 0.29) is 0 Å². The van der Waals surface area contributed by atoms with Crippen LogP contribution >= 0.6 is 0 Å². The molecule has 0 bridgehead atoms. The van der Waals surface area contributed by atoms with Gasteiger partial charge in [0.15, 0.2) is 5.82 Å². The van der Waals surface area contributed by atoms with Crippen LogP contribution in [0.25, 0.3) is 0 Å². The van der Waals surface area contributed by atoms with Crippen LogP contribution in [0.15, 0.2) is 12.1 Å². The summed E-state index contributed by atoms with van der Waals surface area (Å²) in [4.78, 5) is 6.72. The van der Waals surface area contributed by atoms with Crippen LogP contribution < -0.4 is 15.4 Å². The zero-order chi connectivity index (χ0) is 12.4. The predicted octanol–water partition coefficient (Wildman–Crippen LogP) is 2.15. The van der Waals surface area contributed by atoms with Crippen molar-refractivity contribution >= 4 is 11.5 Å². The van der Waals surface area contributed by atoms with E-state index >= 15 is 0 Å². The van der Waals surface area contributed by atoms with Crippen molar-refractivity contribution < 1.29 is 4.74 Å². The van der Waals surface area contributed by atoms with E-state index in [0.717, 1.165) is 30.5 Å². The zero-order valence-electron chi connectivity index (χ0n) is 10.8. The van der Waals surface area contributed by atoms with Gasteiger partial charge in [-0.3, -0.25) is 0 Å². The number of aromatic nitrogens is 1. The Bertz CT molecular complexity index is 394. The number of ether oxygens (including phenoxy) is 1. The third-order valence-electron chi connectivity index (χ3n) is 3.72. The van der Waals surface area contributed by atoms with Gasteiger partial charge in [0.2, 0.25) is 5.88 Å². The molecule has 1 aliphatic rings. The quantitative estimate of drug-likeness (QED) is 0.853. The smallest absolute Gasteiger partial charge is 0.215 e. The van der Waals surface area contributed by atoms with Gasteiger partial charge in [-0.25, -0.2) is 0 Å². The number of nitrogens with zero attached hydrogens (tertiary/aromatic N) is 2. The summed E-state index contributed by atoms with van der Waals surface area (Å²) >= 11 is 0. The van der Waals surface area contributed by atoms with Crippen molar-refractivity contribution in [2.45, 2.75) is 20.3 Å². The normalized spacial score (nSPS) is 24.8. The van der Waals surface area contributed by atoms with Crippen LogP contribution in [0.4, 0.5) is 11.5 Å². The molecule has 1 fully saturated rings. The molecular formula is C13H21N3O. The standard InChI is InChI=1S/C13H21N3O/c1-9-6-7-16(8-10(9)2)13-11(14)4-5-12(15-13)17-3/h4-5,9-10H,6-8,14H2,1-3H3. The van der Waals surface area contributed by atoms with Crippen molar-refractivity contribution in [1.29, 1.82) is 0 Å². The number of piperidine rings is 1. The summed E-state index contributed by atoms with van der Waals surface area (Å²) < 4.78 is 5.16. The molecule has 2 heterocycles. The van der Waals surface area contributed by atoms with E-state index in [1.807, 2.05) is 6.07 Å². The summed E-state index contributed by atoms with van der Waals surface area (Å²) in [5, 5.41) is 0. The topological polar surface area (TPSA) is 51.4 Å². The highest BCUT2D eigenvalue weighted by Gasteiger charge is 2.24. The fraction of sp³-hybridized carbons (Fsp3) is 0.615. The molecule has 1 aromatic heterocycles. The van der Waals surface area contributed by atoms with Gasteiger partial charge in [-0.1, -0.05) is 13.8 Å². The molecule has 2 unspecified atom stereocenters. The lowest BCUT2D eigenvalue weighted by atomic mass is 9.89. The molecule has 94 valence electrons. The van der Waals surface area contributed by atoms with Gasteiger partial charge in [0, 0.05) is 19.2 Å². The molecule has 1 aliphatic heterocycles. The predicted molar refractivity (Wildman–Crippen MR) is 70.4 cm³/mol. The number of hydrogen-bond donors (Lipinski definition) is 1. The van der Waals surface area contributed by atoms with E-state index in [2.05, 4.69) is 23.7 Å². The summed E-state index contributed by atoms with van der Waals surface area (Å²) in [6, 6.07) is 3.67. The van der Waals surface area contributed by atoms with Crippen molar-refractivity contribution in [3.8, 4) is 5.88 Å². The van der Waals surface area contributed by atoms with E-state index in [9.17, 15) is 0 Å². The minimum absolute atomic E-state index is 0.625. The third kappa shape index (κ3) is 2.46. The number of methoxy groups -OCH3 is 1. The summed E-state index contributed by atoms with van der Waals surface area (Å²) in [7, 11) is 1.63. The summed E-state index contributed by atoms with van der Waals surface area (Å²) in [6.45, 7) is 6.64. The largest absolute Gasteiger partial charge is 0.481 e. The Morgan fingerprint density at radius 1 is 1.35 bits per heavy atom. The number of nitrogen functional groups attached to an aromatic ring is 1. The van der Waals surface area contributed by atoms with Crippen LogP contribution in [0, 0.1) is 11.8 Å². The maximum atomic E-state index is 6.00. The van der Waals surface area contributed by atoms with Gasteiger partial charge in [0.25, 0.3) is 0 Å². The molecule has 0 amide bonds. The lowest BCUT2D eigenvalue weighted by Crippen LogP contribution is -2.39. The Morgan fingerprint density at radius 2 is 2.12 bits per heavy atom. The maximum Gasteiger partial charge on any atom is 0.215 e. The number of anilines is 2. The second-order valence-electron chi connectivity index (χ2n) is 4.96. The fourth-order valence-electron chi connectivity index (χ4n) is 2.26. The minimum Gasteiger partial charge on any atom is -0.481 e. The Labute approximate surface area is 103 Å². The number of hydrogen-bond acceptors (Lipinski definition) is 4. The molecule has 2 atom stereocenters. The van der Waals surface area contributed by atoms with Gasteiger partial charge in [-0.2, -0.15) is 4.98 Å². The SMILES string of the molecule is COc1ccc(N)c(N2CCC(C)C(C)C2)n1. The molecule has 4 nitrogen and oxygen atoms in total. The monoisotopic (exact) mass is 235 g/mol. The molecule has 2 rings (SSSR count). The van der Waals surface area contributed by atoms with Crippen molar-refractivity contribution in [1.82, 2.24) is 4.98 Å². The van der Waals surface area contributed by atoms with Crippen molar-refractivity contribution in [3.05, 3.63) is 12.1 Å². The summed E-state index contributed by atoms with van der Waals surface area (Å²) in [6.07, 6.45) is 1.19. The highest BCUT2D eigenvalue weighted by Crippen LogP contribution is 2.30. The lowest BCUT2D eigenvalue weighted by molar-refractivity contribution is 0.322. The van der Waals surface area contributed by atoms with E-state index in [0.29, 0.717) is 11.8 Å². The lowest BCUT2D eigenvalue weighted by Gasteiger charge is -2.36. The Kier molecular flexibility index (Phi) is 3.41. The Morgan fingerprint density at radius 3 is 2.76 bits per heavy atom. The molecule has 0 radical (unpaired) electrons. The van der Waals surface area contributed by atoms with Crippen molar-refractivity contribution in [2.24, 2.45) is 11.8 Å². The number of rotatable bonds is 2. The van der Waals surface area contributed by atoms with Crippen LogP contribution in [0.3, 0.4) is 0 Å². The second-order valence-corrected chi connectivity index (χ2v) is 4.96. The Hall–Kier alpha value is -1.45. The summed E-state index contributed by atoms with van der Waals surface area (Å²) in [5.41, 5.74) is 6.72. The average molecular weight is 235 g/mol. The van der Waals surface area contributed by atoms with Gasteiger partial charge in [-0.15, -0.1) is 0 Å². The van der Waals surface area contributed by atoms with Crippen molar-refractivity contribution in [2.75, 3.05) is 30.8 Å². The zero-order valence-corrected chi connectivity index (χ0v) is 10.8. The van der Waals surface area contributed by atoms with Crippen LogP contribution in [-0.4, -0.2) is 25.2 Å². The first-order valence-corrected chi connectivity index (χ1v) is 6.17. The second kappa shape index (κ2) is 4.82. The molecule has 17 heavy (non-hydrogen) atoms. The molecule has 0 spiro atoms. The first-order valence-electron chi connectivity index (χ1n) is 6.17. The Balaban J connectivity index is 2.21. The van der Waals surface area contributed by atoms with Gasteiger partial charge >= 0.3 is 0 Å². The summed E-state index contributed by atoms with van der Waals surface area (Å²) in [5.74, 6) is 2.94. The van der Waals surface area contributed by atoms with Gasteiger partial charge in [-0.05, 0) is 24.3 Å². The first-order chi connectivity index (χ1) is 8.11. The molecule has 4 heteroatoms. The number of pyridine rings is 1. The molecule has 0 saturated carbocycles. The maximum absolute atomic E-state index is 6.00. The van der Waals surface area contributed by atoms with Crippen molar-refractivity contribution in [3.63, 3.8) is 0 Å². The first kappa shape index (κ1) is 12.0. The minimum atomic E-state index is 0.625. The molecule has 0 aliphatic carbocycles. The third-order valence-corrected chi connectivity index (χ3v) is 3.72. The molecule has 2 N–H and O–H groups in total. The van der Waals surface area contributed by atoms with Gasteiger partial charge in [0.05, 0.1) is 12.8 Å². The van der Waals surface area contributed by atoms with E-state index < -0.39 is 0 Å². The van der Waals surface area contributed by atoms with Crippen LogP contribution in [-0.2, 0) is 0 Å². The van der Waals surface area contributed by atoms with E-state index in [1.165, 1.54) is 6.42 Å². The highest BCUT2D eigenvalue weighted by molar-refractivity contribution is 5.63. The average Bonchev–Trinajstić information content (AvgIpc) is 2.33. The number of nitrogens with two attached hydrogens (primary N) is 1. The molecular weight excluding hydrogens is 214 g/mol. The van der Waals surface area contributed by atoms with E-state index in [1.54, 1.807) is 13.2 Å². The van der Waals surface area contributed by atoms with Crippen LogP contribution in [0.5, 0.6) is 5.88 Å². The van der Waals surface area contributed by atoms with Gasteiger partial charge < -0.3 is 15.4 Å². The highest BCUT2D eigenvalue weighted by atomic mass is 16.5. The molecule has 1 aromatic rings. The molecule has 1 saturated heterocycles. The van der Waals surface area contributed by atoms with Crippen LogP contribution in [0.2, 0.25) is 0 Å². The van der Waals surface area contributed by atoms with Crippen LogP contribution in [0.1, 0.15) is 20.3 Å². The van der Waals surface area contributed by atoms with Gasteiger partial charge in [0.1, 0.15) is 0 Å². The fourth-order valence-corrected chi connectivity index (χ4v) is 2.26. The molecule has 0 aromatic carbocycles.